The lowest BCUT2D eigenvalue weighted by Gasteiger charge is -2.20. The highest BCUT2D eigenvalue weighted by molar-refractivity contribution is 5.93. The number of anilines is 1. The van der Waals surface area contributed by atoms with Crippen molar-refractivity contribution in [1.29, 1.82) is 0 Å². The lowest BCUT2D eigenvalue weighted by atomic mass is 10.2. The zero-order valence-corrected chi connectivity index (χ0v) is 11.3. The summed E-state index contributed by atoms with van der Waals surface area (Å²) in [6.07, 6.45) is 7.40. The minimum Gasteiger partial charge on any atom is -0.478 e. The van der Waals surface area contributed by atoms with Crippen LogP contribution in [0.1, 0.15) is 23.2 Å². The normalized spacial score (nSPS) is 13.3. The van der Waals surface area contributed by atoms with Crippen LogP contribution in [0.4, 0.5) is 14.9 Å². The zero-order chi connectivity index (χ0) is 15.4. The Hall–Kier alpha value is -2.55. The molecule has 1 aliphatic carbocycles. The Morgan fingerprint density at radius 1 is 1.48 bits per heavy atom. The first-order valence-electron chi connectivity index (χ1n) is 6.53. The average molecular weight is 290 g/mol. The Kier molecular flexibility index (Phi) is 4.43. The summed E-state index contributed by atoms with van der Waals surface area (Å²) in [5.41, 5.74) is -0.268. The molecule has 0 aliphatic heterocycles. The largest absolute Gasteiger partial charge is 0.478 e. The monoisotopic (exact) mass is 290 g/mol. The molecule has 1 aromatic carbocycles. The molecule has 1 aliphatic rings. The van der Waals surface area contributed by atoms with Crippen LogP contribution >= 0.6 is 0 Å². The standard InChI is InChI=1S/C15H15FN2O3/c1-2-7-18(9-10-3-4-10)15(21)17-11-5-6-13(16)12(8-11)14(19)20/h1,5-6,8,10H,3-4,7,9H2,(H,17,21)(H,19,20). The number of carboxylic acid groups (broad SMARTS) is 1. The molecule has 0 spiro atoms. The van der Waals surface area contributed by atoms with E-state index in [4.69, 9.17) is 11.5 Å². The van der Waals surface area contributed by atoms with Crippen molar-refractivity contribution in [2.24, 2.45) is 5.92 Å². The number of aromatic carboxylic acids is 1. The Labute approximate surface area is 121 Å². The van der Waals surface area contributed by atoms with E-state index in [0.717, 1.165) is 25.0 Å². The molecule has 1 saturated carbocycles. The van der Waals surface area contributed by atoms with Gasteiger partial charge < -0.3 is 15.3 Å². The molecular formula is C15H15FN2O3. The number of halogens is 1. The van der Waals surface area contributed by atoms with Crippen LogP contribution in [0.15, 0.2) is 18.2 Å². The molecule has 0 saturated heterocycles. The number of terminal acetylenes is 1. The van der Waals surface area contributed by atoms with Crippen LogP contribution in [0.3, 0.4) is 0 Å². The number of amides is 2. The topological polar surface area (TPSA) is 69.6 Å². The number of carbonyl (C=O) groups is 2. The third-order valence-corrected chi connectivity index (χ3v) is 3.19. The Balaban J connectivity index is 2.08. The number of benzene rings is 1. The van der Waals surface area contributed by atoms with E-state index >= 15 is 0 Å². The van der Waals surface area contributed by atoms with Crippen molar-refractivity contribution in [3.63, 3.8) is 0 Å². The maximum Gasteiger partial charge on any atom is 0.338 e. The van der Waals surface area contributed by atoms with Gasteiger partial charge in [-0.15, -0.1) is 6.42 Å². The molecule has 6 heteroatoms. The van der Waals surface area contributed by atoms with Crippen molar-refractivity contribution in [1.82, 2.24) is 4.90 Å². The highest BCUT2D eigenvalue weighted by Crippen LogP contribution is 2.29. The second-order valence-corrected chi connectivity index (χ2v) is 4.96. The van der Waals surface area contributed by atoms with E-state index in [1.54, 1.807) is 0 Å². The fourth-order valence-electron chi connectivity index (χ4n) is 1.91. The van der Waals surface area contributed by atoms with Gasteiger partial charge in [-0.3, -0.25) is 0 Å². The van der Waals surface area contributed by atoms with E-state index in [0.29, 0.717) is 12.5 Å². The predicted octanol–water partition coefficient (Wildman–Crippen LogP) is 2.40. The summed E-state index contributed by atoms with van der Waals surface area (Å²) in [6.45, 7) is 0.748. The smallest absolute Gasteiger partial charge is 0.338 e. The fraction of sp³-hybridized carbons (Fsp3) is 0.333. The molecule has 2 N–H and O–H groups in total. The van der Waals surface area contributed by atoms with Crippen LogP contribution in [0.25, 0.3) is 0 Å². The number of nitrogens with one attached hydrogen (secondary N) is 1. The molecule has 21 heavy (non-hydrogen) atoms. The van der Waals surface area contributed by atoms with E-state index in [2.05, 4.69) is 11.2 Å². The van der Waals surface area contributed by atoms with Gasteiger partial charge in [0.25, 0.3) is 0 Å². The minimum atomic E-state index is -1.39. The molecule has 1 aromatic rings. The van der Waals surface area contributed by atoms with Crippen LogP contribution in [0, 0.1) is 24.1 Å². The lowest BCUT2D eigenvalue weighted by molar-refractivity contribution is 0.0692. The Morgan fingerprint density at radius 2 is 2.19 bits per heavy atom. The third kappa shape index (κ3) is 3.96. The van der Waals surface area contributed by atoms with Crippen molar-refractivity contribution in [2.45, 2.75) is 12.8 Å². The van der Waals surface area contributed by atoms with E-state index in [1.165, 1.54) is 11.0 Å². The summed E-state index contributed by atoms with van der Waals surface area (Å²) >= 11 is 0. The molecule has 5 nitrogen and oxygen atoms in total. The zero-order valence-electron chi connectivity index (χ0n) is 11.3. The molecule has 1 fully saturated rings. The first-order chi connectivity index (χ1) is 10.0. The fourth-order valence-corrected chi connectivity index (χ4v) is 1.91. The third-order valence-electron chi connectivity index (χ3n) is 3.19. The van der Waals surface area contributed by atoms with Crippen LogP contribution in [-0.4, -0.2) is 35.1 Å². The van der Waals surface area contributed by atoms with Crippen molar-refractivity contribution in [3.05, 3.63) is 29.6 Å². The van der Waals surface area contributed by atoms with Crippen molar-refractivity contribution in [3.8, 4) is 12.3 Å². The average Bonchev–Trinajstić information content (AvgIpc) is 3.24. The van der Waals surface area contributed by atoms with E-state index < -0.39 is 23.4 Å². The second kappa shape index (κ2) is 6.27. The Bertz CT molecular complexity index is 605. The van der Waals surface area contributed by atoms with Gasteiger partial charge in [-0.1, -0.05) is 5.92 Å². The summed E-state index contributed by atoms with van der Waals surface area (Å²) in [6, 6.07) is 2.99. The summed E-state index contributed by atoms with van der Waals surface area (Å²) < 4.78 is 13.3. The Morgan fingerprint density at radius 3 is 2.76 bits per heavy atom. The van der Waals surface area contributed by atoms with Gasteiger partial charge in [-0.2, -0.15) is 0 Å². The molecule has 0 bridgehead atoms. The van der Waals surface area contributed by atoms with E-state index in [9.17, 15) is 14.0 Å². The predicted molar refractivity (Wildman–Crippen MR) is 75.5 cm³/mol. The number of hydrogen-bond acceptors (Lipinski definition) is 2. The van der Waals surface area contributed by atoms with Gasteiger partial charge in [-0.05, 0) is 37.0 Å². The number of carbonyl (C=O) groups excluding carboxylic acids is 1. The maximum atomic E-state index is 13.3. The molecule has 0 radical (unpaired) electrons. The number of urea groups is 1. The highest BCUT2D eigenvalue weighted by atomic mass is 19.1. The van der Waals surface area contributed by atoms with Gasteiger partial charge in [0.2, 0.25) is 0 Å². The van der Waals surface area contributed by atoms with Gasteiger partial charge in [0.05, 0.1) is 12.1 Å². The van der Waals surface area contributed by atoms with Crippen LogP contribution in [-0.2, 0) is 0 Å². The van der Waals surface area contributed by atoms with Crippen LogP contribution in [0.2, 0.25) is 0 Å². The van der Waals surface area contributed by atoms with Crippen molar-refractivity contribution < 1.29 is 19.1 Å². The number of hydrogen-bond donors (Lipinski definition) is 2. The molecule has 0 heterocycles. The highest BCUT2D eigenvalue weighted by Gasteiger charge is 2.26. The molecule has 0 atom stereocenters. The van der Waals surface area contributed by atoms with Crippen LogP contribution < -0.4 is 5.32 Å². The first-order valence-corrected chi connectivity index (χ1v) is 6.53. The maximum absolute atomic E-state index is 13.3. The number of rotatable bonds is 5. The number of nitrogens with zero attached hydrogens (tertiary/aromatic N) is 1. The quantitative estimate of drug-likeness (QED) is 0.818. The van der Waals surface area contributed by atoms with Crippen molar-refractivity contribution >= 4 is 17.7 Å². The van der Waals surface area contributed by atoms with Gasteiger partial charge >= 0.3 is 12.0 Å². The van der Waals surface area contributed by atoms with Crippen molar-refractivity contribution in [2.75, 3.05) is 18.4 Å². The molecule has 0 aromatic heterocycles. The molecule has 2 amide bonds. The van der Waals surface area contributed by atoms with Gasteiger partial charge in [-0.25, -0.2) is 14.0 Å². The molecular weight excluding hydrogens is 275 g/mol. The lowest BCUT2D eigenvalue weighted by Crippen LogP contribution is -2.36. The van der Waals surface area contributed by atoms with E-state index in [-0.39, 0.29) is 12.2 Å². The van der Waals surface area contributed by atoms with Gasteiger partial charge in [0, 0.05) is 12.2 Å². The molecule has 0 unspecified atom stereocenters. The summed E-state index contributed by atoms with van der Waals surface area (Å²) in [5, 5.41) is 11.4. The first kappa shape index (κ1) is 14.9. The van der Waals surface area contributed by atoms with Gasteiger partial charge in [0.1, 0.15) is 5.82 Å². The summed E-state index contributed by atoms with van der Waals surface area (Å²) in [4.78, 5) is 24.5. The SMILES string of the molecule is C#CCN(CC1CC1)C(=O)Nc1ccc(F)c(C(=O)O)c1. The number of carboxylic acids is 1. The molecule has 110 valence electrons. The summed E-state index contributed by atoms with van der Waals surface area (Å²) in [5.74, 6) is 0.661. The second-order valence-electron chi connectivity index (χ2n) is 4.96. The summed E-state index contributed by atoms with van der Waals surface area (Å²) in [7, 11) is 0. The minimum absolute atomic E-state index is 0.176. The van der Waals surface area contributed by atoms with E-state index in [1.807, 2.05) is 0 Å². The van der Waals surface area contributed by atoms with Crippen LogP contribution in [0.5, 0.6) is 0 Å². The molecule has 2 rings (SSSR count). The van der Waals surface area contributed by atoms with Gasteiger partial charge in [0.15, 0.2) is 0 Å².